The van der Waals surface area contributed by atoms with E-state index in [1.54, 1.807) is 12.1 Å². The highest BCUT2D eigenvalue weighted by Crippen LogP contribution is 2.20. The molecule has 1 rings (SSSR count). The third-order valence-corrected chi connectivity index (χ3v) is 2.61. The van der Waals surface area contributed by atoms with Crippen LogP contribution in [0.15, 0.2) is 24.3 Å². The molecule has 0 saturated heterocycles. The number of hydrogen-bond donors (Lipinski definition) is 2. The fraction of sp³-hybridized carbons (Fsp3) is 0.538. The van der Waals surface area contributed by atoms with Crippen molar-refractivity contribution in [1.82, 2.24) is 5.43 Å². The highest BCUT2D eigenvalue weighted by Gasteiger charge is 2.27. The molecule has 7 heteroatoms. The molecule has 20 heavy (non-hydrogen) atoms. The normalized spacial score (nSPS) is 13.2. The Morgan fingerprint density at radius 3 is 2.40 bits per heavy atom. The van der Waals surface area contributed by atoms with Crippen molar-refractivity contribution in [2.24, 2.45) is 5.84 Å². The summed E-state index contributed by atoms with van der Waals surface area (Å²) in [4.78, 5) is 0. The average Bonchev–Trinajstić information content (AvgIpc) is 2.39. The second-order valence-corrected chi connectivity index (χ2v) is 4.18. The maximum absolute atomic E-state index is 11.9. The van der Waals surface area contributed by atoms with Gasteiger partial charge in [0.15, 0.2) is 0 Å². The SMILES string of the molecule is CCOc1ccc(C(CCOCC(F)(F)F)NN)cc1. The first-order valence-electron chi connectivity index (χ1n) is 6.29. The molecule has 0 fully saturated rings. The van der Waals surface area contributed by atoms with Crippen molar-refractivity contribution in [3.8, 4) is 5.75 Å². The summed E-state index contributed by atoms with van der Waals surface area (Å²) in [6.45, 7) is 1.19. The van der Waals surface area contributed by atoms with E-state index < -0.39 is 12.8 Å². The summed E-state index contributed by atoms with van der Waals surface area (Å²) in [6, 6.07) is 6.96. The molecule has 0 spiro atoms. The van der Waals surface area contributed by atoms with E-state index in [0.29, 0.717) is 13.0 Å². The Kier molecular flexibility index (Phi) is 6.77. The van der Waals surface area contributed by atoms with Gasteiger partial charge in [-0.3, -0.25) is 11.3 Å². The van der Waals surface area contributed by atoms with E-state index in [1.165, 1.54) is 0 Å². The molecule has 1 aromatic carbocycles. The smallest absolute Gasteiger partial charge is 0.411 e. The summed E-state index contributed by atoms with van der Waals surface area (Å²) in [6.07, 6.45) is -3.95. The van der Waals surface area contributed by atoms with Crippen LogP contribution in [-0.4, -0.2) is 26.0 Å². The fourth-order valence-electron chi connectivity index (χ4n) is 1.70. The minimum Gasteiger partial charge on any atom is -0.494 e. The Labute approximate surface area is 116 Å². The summed E-state index contributed by atoms with van der Waals surface area (Å²) < 4.78 is 45.6. The zero-order chi connectivity index (χ0) is 15.0. The number of hydrogen-bond acceptors (Lipinski definition) is 4. The molecular formula is C13H19F3N2O2. The summed E-state index contributed by atoms with van der Waals surface area (Å²) in [5.41, 5.74) is 3.43. The lowest BCUT2D eigenvalue weighted by molar-refractivity contribution is -0.174. The van der Waals surface area contributed by atoms with Gasteiger partial charge in [0, 0.05) is 12.6 Å². The molecule has 3 N–H and O–H groups in total. The first-order valence-corrected chi connectivity index (χ1v) is 6.29. The first kappa shape index (κ1) is 16.7. The summed E-state index contributed by atoms with van der Waals surface area (Å²) >= 11 is 0. The van der Waals surface area contributed by atoms with E-state index in [-0.39, 0.29) is 12.6 Å². The van der Waals surface area contributed by atoms with Crippen LogP contribution >= 0.6 is 0 Å². The van der Waals surface area contributed by atoms with Gasteiger partial charge in [-0.25, -0.2) is 0 Å². The van der Waals surface area contributed by atoms with Crippen LogP contribution in [0.2, 0.25) is 0 Å². The number of halogens is 3. The van der Waals surface area contributed by atoms with Crippen molar-refractivity contribution >= 4 is 0 Å². The molecule has 0 heterocycles. The van der Waals surface area contributed by atoms with E-state index in [9.17, 15) is 13.2 Å². The minimum atomic E-state index is -4.30. The van der Waals surface area contributed by atoms with Crippen molar-refractivity contribution < 1.29 is 22.6 Å². The number of alkyl halides is 3. The second kappa shape index (κ2) is 8.08. The fourth-order valence-corrected chi connectivity index (χ4v) is 1.70. The highest BCUT2D eigenvalue weighted by molar-refractivity contribution is 5.29. The van der Waals surface area contributed by atoms with Gasteiger partial charge < -0.3 is 9.47 Å². The minimum absolute atomic E-state index is 0.0262. The number of ether oxygens (including phenoxy) is 2. The van der Waals surface area contributed by atoms with Gasteiger partial charge in [0.25, 0.3) is 0 Å². The number of hydrazine groups is 1. The number of nitrogens with one attached hydrogen (secondary N) is 1. The third kappa shape index (κ3) is 6.23. The molecule has 1 atom stereocenters. The standard InChI is InChI=1S/C13H19F3N2O2/c1-2-20-11-5-3-10(4-6-11)12(18-17)7-8-19-9-13(14,15)16/h3-6,12,18H,2,7-9,17H2,1H3. The Hall–Kier alpha value is -1.31. The molecule has 0 amide bonds. The molecule has 0 aliphatic carbocycles. The Balaban J connectivity index is 2.45. The quantitative estimate of drug-likeness (QED) is 0.439. The predicted molar refractivity (Wildman–Crippen MR) is 69.2 cm³/mol. The van der Waals surface area contributed by atoms with Crippen molar-refractivity contribution in [1.29, 1.82) is 0 Å². The van der Waals surface area contributed by atoms with Gasteiger partial charge >= 0.3 is 6.18 Å². The first-order chi connectivity index (χ1) is 9.46. The van der Waals surface area contributed by atoms with Crippen LogP contribution in [-0.2, 0) is 4.74 Å². The Bertz CT molecular complexity index is 382. The molecule has 0 aromatic heterocycles. The maximum Gasteiger partial charge on any atom is 0.411 e. The van der Waals surface area contributed by atoms with Crippen LogP contribution in [0.3, 0.4) is 0 Å². The van der Waals surface area contributed by atoms with Gasteiger partial charge in [0.05, 0.1) is 6.61 Å². The van der Waals surface area contributed by atoms with Gasteiger partial charge in [-0.2, -0.15) is 13.2 Å². The molecule has 0 radical (unpaired) electrons. The van der Waals surface area contributed by atoms with Crippen LogP contribution in [0.25, 0.3) is 0 Å². The number of rotatable bonds is 8. The monoisotopic (exact) mass is 292 g/mol. The zero-order valence-corrected chi connectivity index (χ0v) is 11.2. The summed E-state index contributed by atoms with van der Waals surface area (Å²) in [5, 5.41) is 0. The van der Waals surface area contributed by atoms with E-state index in [4.69, 9.17) is 10.6 Å². The van der Waals surface area contributed by atoms with E-state index >= 15 is 0 Å². The zero-order valence-electron chi connectivity index (χ0n) is 11.2. The van der Waals surface area contributed by atoms with E-state index in [2.05, 4.69) is 10.2 Å². The van der Waals surface area contributed by atoms with Crippen molar-refractivity contribution in [3.63, 3.8) is 0 Å². The topological polar surface area (TPSA) is 56.5 Å². The van der Waals surface area contributed by atoms with E-state index in [1.807, 2.05) is 19.1 Å². The molecule has 1 aromatic rings. The molecule has 0 bridgehead atoms. The molecule has 0 aliphatic rings. The van der Waals surface area contributed by atoms with Gasteiger partial charge in [-0.1, -0.05) is 12.1 Å². The molecule has 114 valence electrons. The van der Waals surface area contributed by atoms with Crippen molar-refractivity contribution in [2.75, 3.05) is 19.8 Å². The van der Waals surface area contributed by atoms with Crippen LogP contribution in [0.4, 0.5) is 13.2 Å². The van der Waals surface area contributed by atoms with Gasteiger partial charge in [0.1, 0.15) is 12.4 Å². The highest BCUT2D eigenvalue weighted by atomic mass is 19.4. The molecular weight excluding hydrogens is 273 g/mol. The van der Waals surface area contributed by atoms with Crippen LogP contribution < -0.4 is 16.0 Å². The maximum atomic E-state index is 11.9. The summed E-state index contributed by atoms with van der Waals surface area (Å²) in [5.74, 6) is 6.15. The summed E-state index contributed by atoms with van der Waals surface area (Å²) in [7, 11) is 0. The second-order valence-electron chi connectivity index (χ2n) is 4.18. The van der Waals surface area contributed by atoms with Crippen LogP contribution in [0.5, 0.6) is 5.75 Å². The third-order valence-electron chi connectivity index (χ3n) is 2.61. The van der Waals surface area contributed by atoms with Crippen molar-refractivity contribution in [3.05, 3.63) is 29.8 Å². The van der Waals surface area contributed by atoms with Gasteiger partial charge in [-0.05, 0) is 31.0 Å². The average molecular weight is 292 g/mol. The van der Waals surface area contributed by atoms with Crippen LogP contribution in [0, 0.1) is 0 Å². The molecule has 4 nitrogen and oxygen atoms in total. The lowest BCUT2D eigenvalue weighted by Crippen LogP contribution is -2.29. The van der Waals surface area contributed by atoms with Gasteiger partial charge in [0.2, 0.25) is 0 Å². The largest absolute Gasteiger partial charge is 0.494 e. The predicted octanol–water partition coefficient (Wildman–Crippen LogP) is 2.56. The lowest BCUT2D eigenvalue weighted by atomic mass is 10.0. The van der Waals surface area contributed by atoms with Gasteiger partial charge in [-0.15, -0.1) is 0 Å². The van der Waals surface area contributed by atoms with Crippen molar-refractivity contribution in [2.45, 2.75) is 25.6 Å². The molecule has 0 aliphatic heterocycles. The number of benzene rings is 1. The Morgan fingerprint density at radius 2 is 1.90 bits per heavy atom. The lowest BCUT2D eigenvalue weighted by Gasteiger charge is -2.17. The van der Waals surface area contributed by atoms with Crippen LogP contribution in [0.1, 0.15) is 24.9 Å². The Morgan fingerprint density at radius 1 is 1.25 bits per heavy atom. The molecule has 0 saturated carbocycles. The molecule has 1 unspecified atom stereocenters. The number of nitrogens with two attached hydrogens (primary N) is 1. The van der Waals surface area contributed by atoms with E-state index in [0.717, 1.165) is 11.3 Å².